The normalized spacial score (nSPS) is 25.0. The number of ether oxygens (including phenoxy) is 4. The van der Waals surface area contributed by atoms with E-state index in [-0.39, 0.29) is 26.4 Å². The minimum absolute atomic E-state index is 0.0275. The molecule has 3 aromatic carbocycles. The van der Waals surface area contributed by atoms with Crippen molar-refractivity contribution in [1.82, 2.24) is 15.0 Å². The van der Waals surface area contributed by atoms with Gasteiger partial charge in [0.2, 0.25) is 0 Å². The molecule has 11 heteroatoms. The van der Waals surface area contributed by atoms with Crippen LogP contribution in [-0.4, -0.2) is 46.0 Å². The molecule has 0 radical (unpaired) electrons. The van der Waals surface area contributed by atoms with Crippen molar-refractivity contribution in [3.63, 3.8) is 0 Å². The molecule has 1 aliphatic carbocycles. The first-order chi connectivity index (χ1) is 22.4. The first-order valence-electron chi connectivity index (χ1n) is 15.2. The van der Waals surface area contributed by atoms with E-state index in [2.05, 4.69) is 10.5 Å². The molecular weight excluding hydrogens is 590 g/mol. The molecule has 0 spiro atoms. The van der Waals surface area contributed by atoms with Crippen molar-refractivity contribution in [2.45, 2.75) is 63.7 Å². The molecule has 2 heterocycles. The van der Waals surface area contributed by atoms with Gasteiger partial charge in [-0.2, -0.15) is 5.48 Å². The largest absolute Gasteiger partial charge is 0.457 e. The summed E-state index contributed by atoms with van der Waals surface area (Å²) in [6.45, 7) is 3.64. The van der Waals surface area contributed by atoms with E-state index in [0.717, 1.165) is 16.7 Å². The van der Waals surface area contributed by atoms with Gasteiger partial charge in [-0.15, -0.1) is 0 Å². The van der Waals surface area contributed by atoms with Crippen molar-refractivity contribution in [2.24, 2.45) is 5.92 Å². The van der Waals surface area contributed by atoms with E-state index in [0.29, 0.717) is 5.56 Å². The number of nitrogens with zero attached hydrogens (tertiary/aromatic N) is 1. The maximum Gasteiger partial charge on any atom is 0.330 e. The van der Waals surface area contributed by atoms with E-state index < -0.39 is 53.2 Å². The summed E-state index contributed by atoms with van der Waals surface area (Å²) >= 11 is 0. The second kappa shape index (κ2) is 13.9. The van der Waals surface area contributed by atoms with Gasteiger partial charge in [0.05, 0.1) is 38.4 Å². The van der Waals surface area contributed by atoms with Gasteiger partial charge in [0.1, 0.15) is 12.3 Å². The molecule has 11 nitrogen and oxygen atoms in total. The van der Waals surface area contributed by atoms with Gasteiger partial charge in [-0.3, -0.25) is 24.0 Å². The number of aromatic nitrogens is 2. The highest BCUT2D eigenvalue weighted by atomic mass is 16.7. The third-order valence-corrected chi connectivity index (χ3v) is 8.45. The molecule has 240 valence electrons. The van der Waals surface area contributed by atoms with Crippen LogP contribution in [0.15, 0.2) is 107 Å². The fourth-order valence-electron chi connectivity index (χ4n) is 6.36. The summed E-state index contributed by atoms with van der Waals surface area (Å²) in [5, 5.41) is 0. The number of aryl methyl sites for hydroxylation is 1. The molecule has 2 N–H and O–H groups in total. The highest BCUT2D eigenvalue weighted by molar-refractivity contribution is 5.66. The number of rotatable bonds is 13. The summed E-state index contributed by atoms with van der Waals surface area (Å²) < 4.78 is 27.1. The minimum Gasteiger partial charge on any atom is -0.457 e. The molecule has 6 atom stereocenters. The molecule has 2 fully saturated rings. The number of hydroxylamine groups is 1. The van der Waals surface area contributed by atoms with Crippen molar-refractivity contribution in [3.05, 3.63) is 140 Å². The second-order valence-electron chi connectivity index (χ2n) is 11.7. The van der Waals surface area contributed by atoms with Gasteiger partial charge in [0, 0.05) is 18.7 Å². The number of benzene rings is 3. The van der Waals surface area contributed by atoms with Gasteiger partial charge in [-0.25, -0.2) is 4.79 Å². The van der Waals surface area contributed by atoms with Crippen LogP contribution in [0.5, 0.6) is 0 Å². The van der Waals surface area contributed by atoms with Gasteiger partial charge in [-0.1, -0.05) is 91.0 Å². The van der Waals surface area contributed by atoms with E-state index in [1.807, 2.05) is 91.0 Å². The number of fused-ring (bicyclic) bond motifs is 2. The molecule has 46 heavy (non-hydrogen) atoms. The summed E-state index contributed by atoms with van der Waals surface area (Å²) in [6, 6.07) is 28.3. The topological polar surface area (TPSA) is 130 Å². The Bertz CT molecular complexity index is 1730. The maximum atomic E-state index is 13.2. The average Bonchev–Trinajstić information content (AvgIpc) is 3.49. The van der Waals surface area contributed by atoms with E-state index in [1.54, 1.807) is 6.92 Å². The first-order valence-corrected chi connectivity index (χ1v) is 15.2. The van der Waals surface area contributed by atoms with Crippen molar-refractivity contribution in [2.75, 3.05) is 6.61 Å². The lowest BCUT2D eigenvalue weighted by atomic mass is 9.97. The Balaban J connectivity index is 1.40. The summed E-state index contributed by atoms with van der Waals surface area (Å²) in [5.74, 6) is -1.14. The number of hydrogen-bond acceptors (Lipinski definition) is 9. The Hall–Kier alpha value is -4.39. The van der Waals surface area contributed by atoms with E-state index >= 15 is 0 Å². The van der Waals surface area contributed by atoms with Crippen LogP contribution in [0.1, 0.15) is 35.4 Å². The molecule has 1 aromatic heterocycles. The molecular formula is C35H37N3O8. The molecule has 6 rings (SSSR count). The van der Waals surface area contributed by atoms with E-state index in [1.165, 1.54) is 17.7 Å². The van der Waals surface area contributed by atoms with Gasteiger partial charge in [-0.05, 0) is 23.6 Å². The quantitative estimate of drug-likeness (QED) is 0.169. The standard InChI is InChI=1S/C35H37N3O8/c1-23-18-38(34(41)36-32(23)40)33-28-29(37-44-21-27-16-10-5-11-17-27)31(45-24(2)39)35(46-33,22-42-19-25-12-6-3-7-13-25)30(28)43-20-26-14-8-4-9-15-26/h3-18,28-31,33,37H,19-22H2,1-2H3,(H,36,40,41)/t28?,29-,30+,31-,33-,35-/m1/s1. The Morgan fingerprint density at radius 1 is 0.870 bits per heavy atom. The van der Waals surface area contributed by atoms with Crippen LogP contribution in [0.4, 0.5) is 0 Å². The monoisotopic (exact) mass is 627 g/mol. The number of aromatic amines is 1. The zero-order valence-corrected chi connectivity index (χ0v) is 25.7. The number of esters is 1. The van der Waals surface area contributed by atoms with Crippen molar-refractivity contribution in [1.29, 1.82) is 0 Å². The number of carbonyl (C=O) groups excluding carboxylic acids is 1. The third kappa shape index (κ3) is 6.60. The predicted molar refractivity (Wildman–Crippen MR) is 167 cm³/mol. The van der Waals surface area contributed by atoms with Gasteiger partial charge in [0.15, 0.2) is 11.7 Å². The van der Waals surface area contributed by atoms with Crippen LogP contribution in [0.2, 0.25) is 0 Å². The SMILES string of the molecule is CC(=O)O[C@@H]1[C@H](NOCc2ccccc2)C2[C@H](n3cc(C)c(=O)[nH]c3=O)O[C@]1(COCc1ccccc1)[C@H]2OCc1ccccc1. The Morgan fingerprint density at radius 2 is 1.46 bits per heavy atom. The summed E-state index contributed by atoms with van der Waals surface area (Å²) in [5.41, 5.74) is 3.80. The lowest BCUT2D eigenvalue weighted by molar-refractivity contribution is -0.231. The maximum absolute atomic E-state index is 13.2. The molecule has 1 saturated heterocycles. The Labute approximate surface area is 266 Å². The fraction of sp³-hybridized carbons (Fsp3) is 0.343. The number of nitrogens with one attached hydrogen (secondary N) is 2. The van der Waals surface area contributed by atoms with Crippen LogP contribution < -0.4 is 16.7 Å². The van der Waals surface area contributed by atoms with Crippen molar-refractivity contribution in [3.8, 4) is 0 Å². The highest BCUT2D eigenvalue weighted by Crippen LogP contribution is 2.55. The highest BCUT2D eigenvalue weighted by Gasteiger charge is 2.73. The molecule has 0 amide bonds. The summed E-state index contributed by atoms with van der Waals surface area (Å²) in [6.07, 6.45) is -1.09. The lowest BCUT2D eigenvalue weighted by Gasteiger charge is -2.41. The smallest absolute Gasteiger partial charge is 0.330 e. The number of H-pyrrole nitrogens is 1. The zero-order chi connectivity index (χ0) is 32.1. The molecule has 2 bridgehead atoms. The second-order valence-corrected chi connectivity index (χ2v) is 11.7. The number of carbonyl (C=O) groups is 1. The van der Waals surface area contributed by atoms with Crippen LogP contribution in [0.3, 0.4) is 0 Å². The van der Waals surface area contributed by atoms with E-state index in [9.17, 15) is 14.4 Å². The predicted octanol–water partition coefficient (Wildman–Crippen LogP) is 3.57. The van der Waals surface area contributed by atoms with Gasteiger partial charge < -0.3 is 18.9 Å². The van der Waals surface area contributed by atoms with Crippen LogP contribution >= 0.6 is 0 Å². The van der Waals surface area contributed by atoms with Crippen LogP contribution in [0.25, 0.3) is 0 Å². The minimum atomic E-state index is -1.36. The molecule has 4 aromatic rings. The third-order valence-electron chi connectivity index (χ3n) is 8.45. The molecule has 2 aliphatic rings. The van der Waals surface area contributed by atoms with Crippen LogP contribution in [0, 0.1) is 12.8 Å². The first kappa shape index (κ1) is 31.6. The summed E-state index contributed by atoms with van der Waals surface area (Å²) in [7, 11) is 0. The van der Waals surface area contributed by atoms with Gasteiger partial charge >= 0.3 is 11.7 Å². The molecule has 1 unspecified atom stereocenters. The lowest BCUT2D eigenvalue weighted by Crippen LogP contribution is -2.59. The Kier molecular flexibility index (Phi) is 9.57. The van der Waals surface area contributed by atoms with Crippen molar-refractivity contribution >= 4 is 5.97 Å². The fourth-order valence-corrected chi connectivity index (χ4v) is 6.36. The van der Waals surface area contributed by atoms with Crippen LogP contribution in [-0.2, 0) is 48.4 Å². The summed E-state index contributed by atoms with van der Waals surface area (Å²) in [4.78, 5) is 46.5. The molecule has 1 aliphatic heterocycles. The van der Waals surface area contributed by atoms with E-state index in [4.69, 9.17) is 23.8 Å². The number of hydrogen-bond donors (Lipinski definition) is 2. The molecule has 1 saturated carbocycles. The Morgan fingerprint density at radius 3 is 2.07 bits per heavy atom. The zero-order valence-electron chi connectivity index (χ0n) is 25.7. The van der Waals surface area contributed by atoms with Crippen molar-refractivity contribution < 1.29 is 28.6 Å². The van der Waals surface area contributed by atoms with Gasteiger partial charge in [0.25, 0.3) is 5.56 Å². The average molecular weight is 628 g/mol.